The van der Waals surface area contributed by atoms with Gasteiger partial charge in [0.25, 0.3) is 0 Å². The average Bonchev–Trinajstić information content (AvgIpc) is 2.74. The molecule has 0 bridgehead atoms. The van der Waals surface area contributed by atoms with Crippen molar-refractivity contribution >= 4 is 11.9 Å². The van der Waals surface area contributed by atoms with E-state index in [1.807, 2.05) is 0 Å². The molecule has 2 unspecified atom stereocenters. The van der Waals surface area contributed by atoms with Crippen molar-refractivity contribution in [2.24, 2.45) is 0 Å². The van der Waals surface area contributed by atoms with Crippen LogP contribution in [0, 0.1) is 0 Å². The summed E-state index contributed by atoms with van der Waals surface area (Å²) in [5, 5.41) is 9.81. The van der Waals surface area contributed by atoms with Crippen LogP contribution in [-0.4, -0.2) is 35.9 Å². The SMILES string of the molecule is C=CC(=O)OC(C)C(O)COC(=O)CCCCCCC/C=C\C/C=C\C/C=C\CC. The second-order valence-corrected chi connectivity index (χ2v) is 7.20. The molecule has 0 aromatic carbocycles. The summed E-state index contributed by atoms with van der Waals surface area (Å²) in [7, 11) is 0. The van der Waals surface area contributed by atoms with Crippen LogP contribution in [0.5, 0.6) is 0 Å². The zero-order chi connectivity index (χ0) is 22.5. The van der Waals surface area contributed by atoms with Gasteiger partial charge in [0.15, 0.2) is 0 Å². The maximum Gasteiger partial charge on any atom is 0.330 e. The maximum absolute atomic E-state index is 11.7. The monoisotopic (exact) mass is 420 g/mol. The Morgan fingerprint density at radius 2 is 1.53 bits per heavy atom. The van der Waals surface area contributed by atoms with Gasteiger partial charge in [0.05, 0.1) is 0 Å². The average molecular weight is 421 g/mol. The summed E-state index contributed by atoms with van der Waals surface area (Å²) >= 11 is 0. The third-order valence-corrected chi connectivity index (χ3v) is 4.46. The van der Waals surface area contributed by atoms with Crippen molar-refractivity contribution in [3.05, 3.63) is 49.1 Å². The van der Waals surface area contributed by atoms with Crippen molar-refractivity contribution in [1.29, 1.82) is 0 Å². The van der Waals surface area contributed by atoms with Crippen LogP contribution < -0.4 is 0 Å². The summed E-state index contributed by atoms with van der Waals surface area (Å²) in [6.45, 7) is 6.79. The lowest BCUT2D eigenvalue weighted by Crippen LogP contribution is -2.32. The Hall–Kier alpha value is -2.14. The van der Waals surface area contributed by atoms with E-state index < -0.39 is 18.2 Å². The van der Waals surface area contributed by atoms with Crippen LogP contribution in [0.3, 0.4) is 0 Å². The number of aliphatic hydroxyl groups is 1. The number of aliphatic hydroxyl groups excluding tert-OH is 1. The maximum atomic E-state index is 11.7. The fourth-order valence-electron chi connectivity index (χ4n) is 2.58. The molecule has 0 aliphatic carbocycles. The molecular weight excluding hydrogens is 380 g/mol. The Morgan fingerprint density at radius 1 is 0.933 bits per heavy atom. The number of esters is 2. The molecule has 0 rings (SSSR count). The molecule has 0 aromatic rings. The van der Waals surface area contributed by atoms with Crippen LogP contribution in [0.25, 0.3) is 0 Å². The summed E-state index contributed by atoms with van der Waals surface area (Å²) in [4.78, 5) is 22.8. The summed E-state index contributed by atoms with van der Waals surface area (Å²) in [5.74, 6) is -0.951. The number of hydrogen-bond acceptors (Lipinski definition) is 5. The van der Waals surface area contributed by atoms with E-state index in [1.165, 1.54) is 6.92 Å². The van der Waals surface area contributed by atoms with Gasteiger partial charge in [-0.1, -0.05) is 69.2 Å². The smallest absolute Gasteiger partial charge is 0.330 e. The molecule has 2 atom stereocenters. The second-order valence-electron chi connectivity index (χ2n) is 7.20. The Labute approximate surface area is 182 Å². The van der Waals surface area contributed by atoms with E-state index in [2.05, 4.69) is 50.0 Å². The zero-order valence-electron chi connectivity index (χ0n) is 18.8. The molecule has 0 saturated carbocycles. The molecular formula is C25H40O5. The van der Waals surface area contributed by atoms with E-state index in [9.17, 15) is 14.7 Å². The lowest BCUT2D eigenvalue weighted by Gasteiger charge is -2.18. The highest BCUT2D eigenvalue weighted by atomic mass is 16.6. The van der Waals surface area contributed by atoms with Crippen molar-refractivity contribution in [1.82, 2.24) is 0 Å². The third kappa shape index (κ3) is 17.9. The standard InChI is InChI=1S/C25H40O5/c1-4-6-7-8-9-10-11-12-13-14-15-16-17-18-19-20-25(28)29-21-23(26)22(3)30-24(27)5-2/h5-7,9-10,12-13,22-23,26H,2,4,8,11,14-21H2,1,3H3/b7-6-,10-9-,13-12-. The number of allylic oxidation sites excluding steroid dienone is 6. The molecule has 0 spiro atoms. The van der Waals surface area contributed by atoms with Gasteiger partial charge in [-0.2, -0.15) is 0 Å². The van der Waals surface area contributed by atoms with E-state index in [0.29, 0.717) is 6.42 Å². The van der Waals surface area contributed by atoms with E-state index in [1.54, 1.807) is 0 Å². The summed E-state index contributed by atoms with van der Waals surface area (Å²) in [6.07, 6.45) is 22.2. The van der Waals surface area contributed by atoms with Gasteiger partial charge in [-0.05, 0) is 45.4 Å². The fraction of sp³-hybridized carbons (Fsp3) is 0.600. The Balaban J connectivity index is 3.56. The van der Waals surface area contributed by atoms with E-state index >= 15 is 0 Å². The van der Waals surface area contributed by atoms with Crippen LogP contribution in [0.15, 0.2) is 49.1 Å². The number of carbonyl (C=O) groups is 2. The lowest BCUT2D eigenvalue weighted by molar-refractivity contribution is -0.155. The molecule has 0 fully saturated rings. The molecule has 170 valence electrons. The first kappa shape index (κ1) is 27.9. The first-order valence-electron chi connectivity index (χ1n) is 11.1. The minimum absolute atomic E-state index is 0.179. The lowest BCUT2D eigenvalue weighted by atomic mass is 10.1. The topological polar surface area (TPSA) is 72.8 Å². The minimum Gasteiger partial charge on any atom is -0.463 e. The molecule has 0 heterocycles. The number of carbonyl (C=O) groups excluding carboxylic acids is 2. The van der Waals surface area contributed by atoms with E-state index in [0.717, 1.165) is 63.9 Å². The van der Waals surface area contributed by atoms with Crippen molar-refractivity contribution in [3.63, 3.8) is 0 Å². The van der Waals surface area contributed by atoms with Crippen molar-refractivity contribution in [2.75, 3.05) is 6.61 Å². The molecule has 0 saturated heterocycles. The zero-order valence-corrected chi connectivity index (χ0v) is 18.8. The quantitative estimate of drug-likeness (QED) is 0.135. The molecule has 0 aliphatic rings. The molecule has 0 amide bonds. The van der Waals surface area contributed by atoms with Crippen LogP contribution in [0.4, 0.5) is 0 Å². The summed E-state index contributed by atoms with van der Waals surface area (Å²) in [5.41, 5.74) is 0. The van der Waals surface area contributed by atoms with Gasteiger partial charge in [-0.15, -0.1) is 0 Å². The Kier molecular flexibility index (Phi) is 18.7. The Morgan fingerprint density at radius 3 is 2.20 bits per heavy atom. The van der Waals surface area contributed by atoms with Gasteiger partial charge in [-0.3, -0.25) is 4.79 Å². The van der Waals surface area contributed by atoms with Gasteiger partial charge in [0.1, 0.15) is 18.8 Å². The number of unbranched alkanes of at least 4 members (excludes halogenated alkanes) is 5. The number of hydrogen-bond donors (Lipinski definition) is 1. The fourth-order valence-corrected chi connectivity index (χ4v) is 2.58. The molecule has 30 heavy (non-hydrogen) atoms. The van der Waals surface area contributed by atoms with Crippen LogP contribution in [-0.2, 0) is 19.1 Å². The predicted octanol–water partition coefficient (Wildman–Crippen LogP) is 5.60. The first-order valence-corrected chi connectivity index (χ1v) is 11.1. The van der Waals surface area contributed by atoms with Crippen LogP contribution in [0.1, 0.15) is 78.1 Å². The predicted molar refractivity (Wildman–Crippen MR) is 122 cm³/mol. The molecule has 5 heteroatoms. The van der Waals surface area contributed by atoms with E-state index in [-0.39, 0.29) is 12.6 Å². The highest BCUT2D eigenvalue weighted by Gasteiger charge is 2.19. The molecule has 0 aliphatic heterocycles. The molecule has 0 radical (unpaired) electrons. The summed E-state index contributed by atoms with van der Waals surface area (Å²) in [6, 6.07) is 0. The summed E-state index contributed by atoms with van der Waals surface area (Å²) < 4.78 is 9.91. The van der Waals surface area contributed by atoms with Crippen LogP contribution >= 0.6 is 0 Å². The van der Waals surface area contributed by atoms with Gasteiger partial charge in [0.2, 0.25) is 0 Å². The number of ether oxygens (including phenoxy) is 2. The van der Waals surface area contributed by atoms with Gasteiger partial charge >= 0.3 is 11.9 Å². The normalized spacial score (nSPS) is 13.7. The molecule has 1 N–H and O–H groups in total. The van der Waals surface area contributed by atoms with Gasteiger partial charge < -0.3 is 14.6 Å². The van der Waals surface area contributed by atoms with Crippen molar-refractivity contribution < 1.29 is 24.2 Å². The molecule has 5 nitrogen and oxygen atoms in total. The van der Waals surface area contributed by atoms with Gasteiger partial charge in [-0.25, -0.2) is 4.79 Å². The third-order valence-electron chi connectivity index (χ3n) is 4.46. The first-order chi connectivity index (χ1) is 14.5. The highest BCUT2D eigenvalue weighted by molar-refractivity contribution is 5.81. The van der Waals surface area contributed by atoms with E-state index in [4.69, 9.17) is 9.47 Å². The number of rotatable bonds is 18. The van der Waals surface area contributed by atoms with Crippen molar-refractivity contribution in [2.45, 2.75) is 90.3 Å². The second kappa shape index (κ2) is 20.1. The minimum atomic E-state index is -1.04. The Bertz CT molecular complexity index is 548. The highest BCUT2D eigenvalue weighted by Crippen LogP contribution is 2.09. The molecule has 0 aromatic heterocycles. The van der Waals surface area contributed by atoms with Crippen LogP contribution in [0.2, 0.25) is 0 Å². The van der Waals surface area contributed by atoms with Gasteiger partial charge in [0, 0.05) is 12.5 Å². The van der Waals surface area contributed by atoms with Crippen molar-refractivity contribution in [3.8, 4) is 0 Å². The largest absolute Gasteiger partial charge is 0.463 e.